The molecule has 2 aromatic rings. The minimum atomic E-state index is -3.78. The van der Waals surface area contributed by atoms with E-state index in [4.69, 9.17) is 0 Å². The first-order chi connectivity index (χ1) is 9.60. The normalized spacial score (nSPS) is 20.4. The van der Waals surface area contributed by atoms with Gasteiger partial charge in [-0.15, -0.1) is 0 Å². The largest absolute Gasteiger partial charge is 0.246 e. The molecule has 3 rings (SSSR count). The number of benzene rings is 1. The monoisotopic (exact) mass is 311 g/mol. The molecule has 0 bridgehead atoms. The van der Waals surface area contributed by atoms with Gasteiger partial charge in [-0.1, -0.05) is 12.1 Å². The van der Waals surface area contributed by atoms with Gasteiger partial charge in [0.15, 0.2) is 0 Å². The minimum absolute atomic E-state index is 0.175. The summed E-state index contributed by atoms with van der Waals surface area (Å²) in [5.41, 5.74) is 0.993. The van der Waals surface area contributed by atoms with E-state index in [1.54, 1.807) is 17.4 Å². The van der Waals surface area contributed by atoms with E-state index in [-0.39, 0.29) is 10.9 Å². The maximum atomic E-state index is 13.8. The van der Waals surface area contributed by atoms with Crippen LogP contribution in [0.15, 0.2) is 46.0 Å². The maximum Gasteiger partial charge on any atom is 0.246 e. The Bertz CT molecular complexity index is 698. The summed E-state index contributed by atoms with van der Waals surface area (Å²) < 4.78 is 40.5. The van der Waals surface area contributed by atoms with E-state index in [2.05, 4.69) is 0 Å². The first-order valence-corrected chi connectivity index (χ1v) is 8.77. The molecule has 0 saturated carbocycles. The molecule has 3 nitrogen and oxygen atoms in total. The average Bonchev–Trinajstić information content (AvgIpc) is 3.10. The lowest BCUT2D eigenvalue weighted by atomic mass is 10.1. The van der Waals surface area contributed by atoms with E-state index in [9.17, 15) is 12.8 Å². The van der Waals surface area contributed by atoms with Gasteiger partial charge in [-0.2, -0.15) is 15.6 Å². The summed E-state index contributed by atoms with van der Waals surface area (Å²) in [7, 11) is -3.78. The molecule has 6 heteroatoms. The van der Waals surface area contributed by atoms with Crippen molar-refractivity contribution in [3.8, 4) is 0 Å². The topological polar surface area (TPSA) is 37.4 Å². The highest BCUT2D eigenvalue weighted by atomic mass is 32.2. The van der Waals surface area contributed by atoms with Gasteiger partial charge in [-0.05, 0) is 47.4 Å². The van der Waals surface area contributed by atoms with E-state index >= 15 is 0 Å². The molecule has 1 aliphatic rings. The maximum absolute atomic E-state index is 13.8. The van der Waals surface area contributed by atoms with Crippen LogP contribution in [-0.2, 0) is 10.0 Å². The molecule has 0 aliphatic carbocycles. The molecule has 1 aromatic carbocycles. The standard InChI is InChI=1S/C14H14FNO2S2/c15-12-4-1-2-6-14(12)20(17,18)16-8-3-5-13(16)11-7-9-19-10-11/h1-2,4,6-7,9-10,13H,3,5,8H2. The van der Waals surface area contributed by atoms with Crippen molar-refractivity contribution in [3.63, 3.8) is 0 Å². The second-order valence-corrected chi connectivity index (χ2v) is 7.40. The van der Waals surface area contributed by atoms with Crippen LogP contribution in [0.3, 0.4) is 0 Å². The van der Waals surface area contributed by atoms with Gasteiger partial charge in [0, 0.05) is 6.54 Å². The van der Waals surface area contributed by atoms with Gasteiger partial charge in [-0.25, -0.2) is 12.8 Å². The Morgan fingerprint density at radius 1 is 1.25 bits per heavy atom. The highest BCUT2D eigenvalue weighted by Gasteiger charge is 2.37. The highest BCUT2D eigenvalue weighted by molar-refractivity contribution is 7.89. The molecule has 1 unspecified atom stereocenters. The first-order valence-electron chi connectivity index (χ1n) is 6.39. The van der Waals surface area contributed by atoms with E-state index < -0.39 is 15.8 Å². The summed E-state index contributed by atoms with van der Waals surface area (Å²) in [5, 5.41) is 3.89. The van der Waals surface area contributed by atoms with E-state index in [1.165, 1.54) is 22.5 Å². The number of thiophene rings is 1. The van der Waals surface area contributed by atoms with Crippen molar-refractivity contribution in [2.75, 3.05) is 6.54 Å². The third-order valence-electron chi connectivity index (χ3n) is 3.55. The highest BCUT2D eigenvalue weighted by Crippen LogP contribution is 2.37. The third kappa shape index (κ3) is 2.28. The van der Waals surface area contributed by atoms with E-state index in [0.717, 1.165) is 18.4 Å². The fourth-order valence-electron chi connectivity index (χ4n) is 2.61. The summed E-state index contributed by atoms with van der Waals surface area (Å²) in [4.78, 5) is -0.234. The molecular formula is C14H14FNO2S2. The molecule has 1 fully saturated rings. The lowest BCUT2D eigenvalue weighted by molar-refractivity contribution is 0.394. The predicted octanol–water partition coefficient (Wildman–Crippen LogP) is 3.41. The molecule has 0 spiro atoms. The molecule has 2 heterocycles. The van der Waals surface area contributed by atoms with Gasteiger partial charge in [0.2, 0.25) is 10.0 Å². The zero-order valence-corrected chi connectivity index (χ0v) is 12.3. The van der Waals surface area contributed by atoms with Crippen LogP contribution in [-0.4, -0.2) is 19.3 Å². The van der Waals surface area contributed by atoms with Crippen LogP contribution >= 0.6 is 11.3 Å². The Balaban J connectivity index is 2.01. The number of rotatable bonds is 3. The quantitative estimate of drug-likeness (QED) is 0.871. The number of nitrogens with zero attached hydrogens (tertiary/aromatic N) is 1. The zero-order valence-electron chi connectivity index (χ0n) is 10.7. The van der Waals surface area contributed by atoms with Gasteiger partial charge in [0.05, 0.1) is 6.04 Å². The van der Waals surface area contributed by atoms with Crippen molar-refractivity contribution >= 4 is 21.4 Å². The van der Waals surface area contributed by atoms with Gasteiger partial charge in [0.1, 0.15) is 10.7 Å². The molecule has 20 heavy (non-hydrogen) atoms. The minimum Gasteiger partial charge on any atom is -0.207 e. The molecule has 0 N–H and O–H groups in total. The van der Waals surface area contributed by atoms with E-state index in [1.807, 2.05) is 16.8 Å². The Hall–Kier alpha value is -1.24. The van der Waals surface area contributed by atoms with E-state index in [0.29, 0.717) is 6.54 Å². The fourth-order valence-corrected chi connectivity index (χ4v) is 5.06. The molecule has 1 atom stereocenters. The van der Waals surface area contributed by atoms with Gasteiger partial charge >= 0.3 is 0 Å². The summed E-state index contributed by atoms with van der Waals surface area (Å²) in [6.45, 7) is 0.442. The van der Waals surface area contributed by atoms with Gasteiger partial charge < -0.3 is 0 Å². The van der Waals surface area contributed by atoms with Crippen LogP contribution in [0.2, 0.25) is 0 Å². The molecule has 1 aliphatic heterocycles. The second kappa shape index (κ2) is 5.27. The number of sulfonamides is 1. The van der Waals surface area contributed by atoms with Crippen molar-refractivity contribution in [3.05, 3.63) is 52.5 Å². The third-order valence-corrected chi connectivity index (χ3v) is 6.20. The molecule has 1 aromatic heterocycles. The van der Waals surface area contributed by atoms with Crippen molar-refractivity contribution in [1.29, 1.82) is 0 Å². The summed E-state index contributed by atoms with van der Waals surface area (Å²) in [6.07, 6.45) is 1.58. The first kappa shape index (κ1) is 13.7. The lowest BCUT2D eigenvalue weighted by Gasteiger charge is -2.23. The fraction of sp³-hybridized carbons (Fsp3) is 0.286. The number of halogens is 1. The second-order valence-electron chi connectivity index (χ2n) is 4.76. The Morgan fingerprint density at radius 2 is 2.05 bits per heavy atom. The summed E-state index contributed by atoms with van der Waals surface area (Å²) in [5.74, 6) is -0.691. The van der Waals surface area contributed by atoms with Crippen LogP contribution in [0, 0.1) is 5.82 Å². The van der Waals surface area contributed by atoms with Gasteiger partial charge in [0.25, 0.3) is 0 Å². The Kier molecular flexibility index (Phi) is 3.62. The number of hydrogen-bond donors (Lipinski definition) is 0. The summed E-state index contributed by atoms with van der Waals surface area (Å²) >= 11 is 1.54. The molecule has 1 saturated heterocycles. The van der Waals surface area contributed by atoms with Crippen LogP contribution in [0.4, 0.5) is 4.39 Å². The molecular weight excluding hydrogens is 297 g/mol. The van der Waals surface area contributed by atoms with Crippen molar-refractivity contribution < 1.29 is 12.8 Å². The van der Waals surface area contributed by atoms with Gasteiger partial charge in [-0.3, -0.25) is 0 Å². The van der Waals surface area contributed by atoms with Crippen molar-refractivity contribution in [1.82, 2.24) is 4.31 Å². The summed E-state index contributed by atoms with van der Waals surface area (Å²) in [6, 6.07) is 7.31. The Labute approximate surface area is 121 Å². The number of hydrogen-bond acceptors (Lipinski definition) is 3. The molecule has 0 radical (unpaired) electrons. The zero-order chi connectivity index (χ0) is 14.2. The Morgan fingerprint density at radius 3 is 2.75 bits per heavy atom. The molecule has 106 valence electrons. The lowest BCUT2D eigenvalue weighted by Crippen LogP contribution is -2.31. The van der Waals surface area contributed by atoms with Crippen molar-refractivity contribution in [2.45, 2.75) is 23.8 Å². The predicted molar refractivity (Wildman–Crippen MR) is 76.6 cm³/mol. The van der Waals surface area contributed by atoms with Crippen LogP contribution in [0.5, 0.6) is 0 Å². The van der Waals surface area contributed by atoms with Crippen molar-refractivity contribution in [2.24, 2.45) is 0 Å². The molecule has 0 amide bonds. The van der Waals surface area contributed by atoms with Crippen LogP contribution in [0.25, 0.3) is 0 Å². The average molecular weight is 311 g/mol. The SMILES string of the molecule is O=S(=O)(c1ccccc1F)N1CCCC1c1ccsc1. The smallest absolute Gasteiger partial charge is 0.207 e. The van der Waals surface area contributed by atoms with Crippen LogP contribution < -0.4 is 0 Å². The van der Waals surface area contributed by atoms with Crippen LogP contribution in [0.1, 0.15) is 24.4 Å².